The molecule has 2 aromatic carbocycles. The first-order valence-electron chi connectivity index (χ1n) is 13.2. The fourth-order valence-corrected chi connectivity index (χ4v) is 4.24. The van der Waals surface area contributed by atoms with Gasteiger partial charge in [0.25, 0.3) is 0 Å². The van der Waals surface area contributed by atoms with Gasteiger partial charge < -0.3 is 19.1 Å². The van der Waals surface area contributed by atoms with Gasteiger partial charge in [0.05, 0.1) is 43.3 Å². The summed E-state index contributed by atoms with van der Waals surface area (Å²) in [6, 6.07) is 11.6. The van der Waals surface area contributed by atoms with E-state index in [1.165, 1.54) is 0 Å². The molecule has 0 saturated heterocycles. The van der Waals surface area contributed by atoms with Crippen molar-refractivity contribution >= 4 is 22.7 Å². The van der Waals surface area contributed by atoms with Crippen molar-refractivity contribution in [3.63, 3.8) is 0 Å². The smallest absolute Gasteiger partial charge is 0.410 e. The number of benzene rings is 2. The summed E-state index contributed by atoms with van der Waals surface area (Å²) >= 11 is 0. The zero-order valence-corrected chi connectivity index (χ0v) is 24.4. The molecule has 0 saturated carbocycles. The summed E-state index contributed by atoms with van der Waals surface area (Å²) in [7, 11) is 5.11. The lowest BCUT2D eigenvalue weighted by Crippen LogP contribution is -2.41. The Labute approximate surface area is 235 Å². The average molecular weight is 544 g/mol. The van der Waals surface area contributed by atoms with Gasteiger partial charge in [0.2, 0.25) is 0 Å². The van der Waals surface area contributed by atoms with Gasteiger partial charge in [-0.3, -0.25) is 9.67 Å². The molecular formula is C31H37N5O4. The first kappa shape index (κ1) is 28.6. The Morgan fingerprint density at radius 3 is 2.27 bits per heavy atom. The number of ether oxygens (including phenoxy) is 3. The topological polar surface area (TPSA) is 91.6 Å². The molecule has 0 bridgehead atoms. The average Bonchev–Trinajstić information content (AvgIpc) is 3.35. The Morgan fingerprint density at radius 2 is 1.70 bits per heavy atom. The van der Waals surface area contributed by atoms with E-state index in [0.717, 1.165) is 39.0 Å². The van der Waals surface area contributed by atoms with Crippen LogP contribution in [0.25, 0.3) is 27.9 Å². The molecule has 0 aliphatic heterocycles. The monoisotopic (exact) mass is 543 g/mol. The highest BCUT2D eigenvalue weighted by Gasteiger charge is 2.24. The minimum atomic E-state index is -0.597. The molecule has 1 amide bonds. The summed E-state index contributed by atoms with van der Waals surface area (Å²) in [6.07, 6.45) is 7.09. The molecule has 0 aliphatic rings. The maximum absolute atomic E-state index is 13.0. The minimum Gasteiger partial charge on any atom is -0.497 e. The van der Waals surface area contributed by atoms with Gasteiger partial charge in [-0.2, -0.15) is 5.10 Å². The molecule has 2 heterocycles. The second-order valence-electron chi connectivity index (χ2n) is 10.8. The number of aryl methyl sites for hydroxylation is 1. The highest BCUT2D eigenvalue weighted by Crippen LogP contribution is 2.32. The van der Waals surface area contributed by atoms with Gasteiger partial charge in [-0.25, -0.2) is 9.78 Å². The second-order valence-corrected chi connectivity index (χ2v) is 10.8. The number of fused-ring (bicyclic) bond motifs is 1. The number of hydrogen-bond acceptors (Lipinski definition) is 7. The van der Waals surface area contributed by atoms with E-state index in [2.05, 4.69) is 10.1 Å². The van der Waals surface area contributed by atoms with Gasteiger partial charge in [-0.05, 0) is 75.6 Å². The van der Waals surface area contributed by atoms with Crippen LogP contribution in [-0.4, -0.2) is 63.1 Å². The van der Waals surface area contributed by atoms with Crippen LogP contribution >= 0.6 is 0 Å². The van der Waals surface area contributed by atoms with Crippen molar-refractivity contribution in [1.82, 2.24) is 24.6 Å². The van der Waals surface area contributed by atoms with Crippen LogP contribution in [0.4, 0.5) is 4.79 Å². The van der Waals surface area contributed by atoms with Gasteiger partial charge in [0, 0.05) is 37.5 Å². The molecule has 2 aromatic heterocycles. The molecule has 210 valence electrons. The van der Waals surface area contributed by atoms with Crippen molar-refractivity contribution in [2.24, 2.45) is 7.05 Å². The molecule has 4 aromatic rings. The van der Waals surface area contributed by atoms with Crippen LogP contribution in [-0.2, 0) is 11.8 Å². The number of aromatic nitrogens is 4. The summed E-state index contributed by atoms with van der Waals surface area (Å²) in [4.78, 5) is 24.2. The number of carbonyl (C=O) groups is 1. The predicted molar refractivity (Wildman–Crippen MR) is 156 cm³/mol. The molecule has 40 heavy (non-hydrogen) atoms. The molecule has 0 aliphatic carbocycles. The van der Waals surface area contributed by atoms with E-state index < -0.39 is 5.60 Å². The first-order valence-corrected chi connectivity index (χ1v) is 13.2. The standard InChI is InChI=1S/C31H37N5O4/c1-20(2)36(30(37)40-31(3,4)5)12-11-26(22-13-24(38-7)16-25(14-22)39-8)21-9-10-27-28(15-21)34-29(18-32-27)23-17-33-35(6)19-23/h9-11,13-20H,12H2,1-8H3/b26-11+. The molecule has 0 N–H and O–H groups in total. The summed E-state index contributed by atoms with van der Waals surface area (Å²) in [5.41, 5.74) is 5.22. The fourth-order valence-electron chi connectivity index (χ4n) is 4.24. The molecule has 9 heteroatoms. The zero-order chi connectivity index (χ0) is 29.0. The van der Waals surface area contributed by atoms with Crippen LogP contribution in [0.2, 0.25) is 0 Å². The van der Waals surface area contributed by atoms with E-state index in [1.807, 2.05) is 90.3 Å². The Balaban J connectivity index is 1.82. The van der Waals surface area contributed by atoms with E-state index in [4.69, 9.17) is 19.2 Å². The predicted octanol–water partition coefficient (Wildman–Crippen LogP) is 6.12. The Hall–Kier alpha value is -4.40. The lowest BCUT2D eigenvalue weighted by molar-refractivity contribution is 0.0217. The van der Waals surface area contributed by atoms with Crippen molar-refractivity contribution in [3.8, 4) is 22.8 Å². The van der Waals surface area contributed by atoms with E-state index in [9.17, 15) is 4.79 Å². The number of hydrogen-bond donors (Lipinski definition) is 0. The Bertz CT molecular complexity index is 1510. The fraction of sp³-hybridized carbons (Fsp3) is 0.355. The third kappa shape index (κ3) is 6.77. The van der Waals surface area contributed by atoms with Crippen molar-refractivity contribution in [2.75, 3.05) is 20.8 Å². The number of amides is 1. The third-order valence-electron chi connectivity index (χ3n) is 6.26. The van der Waals surface area contributed by atoms with Crippen LogP contribution in [0, 0.1) is 0 Å². The SMILES string of the molecule is COc1cc(OC)cc(/C(=C/CN(C(=O)OC(C)(C)C)C(C)C)c2ccc3ncc(-c4cnn(C)c4)nc3c2)c1. The zero-order valence-electron chi connectivity index (χ0n) is 24.4. The van der Waals surface area contributed by atoms with Crippen molar-refractivity contribution in [3.05, 3.63) is 72.2 Å². The van der Waals surface area contributed by atoms with Gasteiger partial charge in [0.15, 0.2) is 0 Å². The van der Waals surface area contributed by atoms with Gasteiger partial charge in [-0.15, -0.1) is 0 Å². The summed E-state index contributed by atoms with van der Waals surface area (Å²) in [5, 5.41) is 4.26. The van der Waals surface area contributed by atoms with Crippen LogP contribution in [0.15, 0.2) is 61.1 Å². The van der Waals surface area contributed by atoms with Crippen LogP contribution < -0.4 is 9.47 Å². The second kappa shape index (κ2) is 11.8. The summed E-state index contributed by atoms with van der Waals surface area (Å²) < 4.78 is 18.5. The van der Waals surface area contributed by atoms with E-state index >= 15 is 0 Å². The molecule has 0 atom stereocenters. The van der Waals surface area contributed by atoms with Gasteiger partial charge in [0.1, 0.15) is 17.1 Å². The maximum atomic E-state index is 13.0. The maximum Gasteiger partial charge on any atom is 0.410 e. The first-order chi connectivity index (χ1) is 19.0. The number of rotatable bonds is 8. The number of nitrogens with zero attached hydrogens (tertiary/aromatic N) is 5. The summed E-state index contributed by atoms with van der Waals surface area (Å²) in [6.45, 7) is 9.87. The normalized spacial score (nSPS) is 12.1. The molecule has 0 unspecified atom stereocenters. The van der Waals surface area contributed by atoms with Gasteiger partial charge in [-0.1, -0.05) is 12.1 Å². The lowest BCUT2D eigenvalue weighted by Gasteiger charge is -2.29. The third-order valence-corrected chi connectivity index (χ3v) is 6.26. The number of methoxy groups -OCH3 is 2. The van der Waals surface area contributed by atoms with Crippen LogP contribution in [0.3, 0.4) is 0 Å². The van der Waals surface area contributed by atoms with Crippen LogP contribution in [0.1, 0.15) is 45.7 Å². The highest BCUT2D eigenvalue weighted by atomic mass is 16.6. The Morgan fingerprint density at radius 1 is 1.00 bits per heavy atom. The molecular weight excluding hydrogens is 506 g/mol. The quantitative estimate of drug-likeness (QED) is 0.264. The van der Waals surface area contributed by atoms with Crippen molar-refractivity contribution < 1.29 is 19.0 Å². The minimum absolute atomic E-state index is 0.0725. The molecule has 0 fully saturated rings. The van der Waals surface area contributed by atoms with Gasteiger partial charge >= 0.3 is 6.09 Å². The molecule has 0 spiro atoms. The summed E-state index contributed by atoms with van der Waals surface area (Å²) in [5.74, 6) is 1.32. The van der Waals surface area contributed by atoms with Crippen LogP contribution in [0.5, 0.6) is 11.5 Å². The molecule has 9 nitrogen and oxygen atoms in total. The van der Waals surface area contributed by atoms with E-state index in [-0.39, 0.29) is 12.1 Å². The van der Waals surface area contributed by atoms with Crippen molar-refractivity contribution in [1.29, 1.82) is 0 Å². The molecule has 4 rings (SSSR count). The Kier molecular flexibility index (Phi) is 8.42. The van der Waals surface area contributed by atoms with E-state index in [1.54, 1.807) is 36.2 Å². The van der Waals surface area contributed by atoms with E-state index in [0.29, 0.717) is 18.0 Å². The van der Waals surface area contributed by atoms with Crippen molar-refractivity contribution in [2.45, 2.75) is 46.3 Å². The number of carbonyl (C=O) groups excluding carboxylic acids is 1. The largest absolute Gasteiger partial charge is 0.497 e. The lowest BCUT2D eigenvalue weighted by atomic mass is 9.96. The molecule has 0 radical (unpaired) electrons. The highest BCUT2D eigenvalue weighted by molar-refractivity contribution is 5.87.